The van der Waals surface area contributed by atoms with Crippen molar-refractivity contribution in [2.45, 2.75) is 82.5 Å². The molecule has 7 nitrogen and oxygen atoms in total. The van der Waals surface area contributed by atoms with Gasteiger partial charge in [0, 0.05) is 31.2 Å². The number of halogens is 1. The van der Waals surface area contributed by atoms with Gasteiger partial charge in [0.2, 0.25) is 5.91 Å². The number of piperidine rings is 2. The fraction of sp³-hybridized carbons (Fsp3) is 0.955. The maximum Gasteiger partial charge on any atom is 0.224 e. The van der Waals surface area contributed by atoms with Crippen molar-refractivity contribution in [1.82, 2.24) is 31.9 Å². The van der Waals surface area contributed by atoms with E-state index in [1.54, 1.807) is 0 Å². The minimum Gasteiger partial charge on any atom is -0.353 e. The maximum absolute atomic E-state index is 13.6. The number of carbonyl (C=O) groups excluding carboxylic acids is 1. The third kappa shape index (κ3) is 5.91. The van der Waals surface area contributed by atoms with Crippen LogP contribution in [0.1, 0.15) is 51.9 Å². The summed E-state index contributed by atoms with van der Waals surface area (Å²) in [5, 5.41) is 21.0. The monoisotopic (exact) mass is 424 g/mol. The molecule has 3 saturated heterocycles. The summed E-state index contributed by atoms with van der Waals surface area (Å²) < 4.78 is 13.6. The van der Waals surface area contributed by atoms with Gasteiger partial charge >= 0.3 is 0 Å². The van der Waals surface area contributed by atoms with E-state index in [9.17, 15) is 9.18 Å². The molecule has 1 amide bonds. The zero-order chi connectivity index (χ0) is 20.9. The number of amides is 1. The summed E-state index contributed by atoms with van der Waals surface area (Å²) >= 11 is 0. The van der Waals surface area contributed by atoms with Gasteiger partial charge in [-0.05, 0) is 76.4 Å². The van der Waals surface area contributed by atoms with Crippen LogP contribution in [0.15, 0.2) is 0 Å². The highest BCUT2D eigenvalue weighted by Crippen LogP contribution is 2.26. The van der Waals surface area contributed by atoms with Gasteiger partial charge in [-0.25, -0.2) is 4.39 Å². The Morgan fingerprint density at radius 2 is 1.90 bits per heavy atom. The van der Waals surface area contributed by atoms with E-state index in [1.165, 1.54) is 19.3 Å². The molecular formula is C22H41FN6O. The molecule has 6 N–H and O–H groups in total. The number of carbonyl (C=O) groups is 1. The van der Waals surface area contributed by atoms with Crippen LogP contribution in [0, 0.1) is 17.8 Å². The van der Waals surface area contributed by atoms with Crippen molar-refractivity contribution in [3.8, 4) is 0 Å². The lowest BCUT2D eigenvalue weighted by Crippen LogP contribution is -2.66. The molecule has 3 heterocycles. The standard InChI is InChI=1S/C22H41FN6O/c1-14-4-5-18(27-21(30)16-9-17(23)13-25-12-16)10-20(14)29-22-26-8-6-19(28-22)15-3-2-7-24-11-15/h14-20,22,24-26,28-29H,2-13H2,1H3,(H,27,30). The molecule has 4 fully saturated rings. The predicted molar refractivity (Wildman–Crippen MR) is 117 cm³/mol. The smallest absolute Gasteiger partial charge is 0.224 e. The minimum atomic E-state index is -0.911. The summed E-state index contributed by atoms with van der Waals surface area (Å²) in [6.07, 6.45) is 6.35. The van der Waals surface area contributed by atoms with E-state index < -0.39 is 6.17 Å². The van der Waals surface area contributed by atoms with Crippen molar-refractivity contribution in [2.24, 2.45) is 17.8 Å². The highest BCUT2D eigenvalue weighted by molar-refractivity contribution is 5.79. The molecule has 0 aromatic rings. The lowest BCUT2D eigenvalue weighted by atomic mass is 9.82. The van der Waals surface area contributed by atoms with Crippen molar-refractivity contribution in [3.05, 3.63) is 0 Å². The number of rotatable bonds is 5. The summed E-state index contributed by atoms with van der Waals surface area (Å²) in [7, 11) is 0. The second-order valence-corrected chi connectivity index (χ2v) is 10.0. The topological polar surface area (TPSA) is 89.2 Å². The van der Waals surface area contributed by atoms with Gasteiger partial charge in [-0.3, -0.25) is 20.7 Å². The van der Waals surface area contributed by atoms with Gasteiger partial charge < -0.3 is 16.0 Å². The van der Waals surface area contributed by atoms with Gasteiger partial charge in [-0.1, -0.05) is 6.92 Å². The van der Waals surface area contributed by atoms with Gasteiger partial charge in [0.15, 0.2) is 0 Å². The molecule has 0 aromatic heterocycles. The molecule has 172 valence electrons. The van der Waals surface area contributed by atoms with Crippen LogP contribution in [-0.4, -0.2) is 69.2 Å². The molecule has 1 aliphatic carbocycles. The van der Waals surface area contributed by atoms with Crippen molar-refractivity contribution in [2.75, 3.05) is 32.7 Å². The van der Waals surface area contributed by atoms with E-state index in [0.29, 0.717) is 43.4 Å². The van der Waals surface area contributed by atoms with Crippen LogP contribution < -0.4 is 31.9 Å². The van der Waals surface area contributed by atoms with Crippen molar-refractivity contribution >= 4 is 5.91 Å². The molecule has 30 heavy (non-hydrogen) atoms. The van der Waals surface area contributed by atoms with Crippen LogP contribution in [0.3, 0.4) is 0 Å². The van der Waals surface area contributed by atoms with E-state index in [4.69, 9.17) is 0 Å². The van der Waals surface area contributed by atoms with Crippen LogP contribution in [0.5, 0.6) is 0 Å². The van der Waals surface area contributed by atoms with Gasteiger partial charge in [0.05, 0.1) is 5.92 Å². The molecule has 1 saturated carbocycles. The quantitative estimate of drug-likeness (QED) is 0.384. The second-order valence-electron chi connectivity index (χ2n) is 10.0. The van der Waals surface area contributed by atoms with Crippen molar-refractivity contribution in [3.63, 3.8) is 0 Å². The molecule has 0 radical (unpaired) electrons. The zero-order valence-corrected chi connectivity index (χ0v) is 18.4. The SMILES string of the molecule is CC1CCC(NC(=O)C2CNCC(F)C2)CC1NC1NCCC(C2CCCNC2)N1. The van der Waals surface area contributed by atoms with E-state index >= 15 is 0 Å². The van der Waals surface area contributed by atoms with Gasteiger partial charge in [-0.15, -0.1) is 0 Å². The predicted octanol–water partition coefficient (Wildman–Crippen LogP) is 0.432. The molecule has 0 bridgehead atoms. The maximum atomic E-state index is 13.6. The third-order valence-corrected chi connectivity index (χ3v) is 7.68. The van der Waals surface area contributed by atoms with Crippen LogP contribution >= 0.6 is 0 Å². The second kappa shape index (κ2) is 10.7. The van der Waals surface area contributed by atoms with E-state index in [0.717, 1.165) is 38.9 Å². The first-order chi connectivity index (χ1) is 14.6. The molecule has 0 aromatic carbocycles. The zero-order valence-electron chi connectivity index (χ0n) is 18.4. The van der Waals surface area contributed by atoms with Crippen LogP contribution in [0.2, 0.25) is 0 Å². The highest BCUT2D eigenvalue weighted by atomic mass is 19.1. The first kappa shape index (κ1) is 22.4. The largest absolute Gasteiger partial charge is 0.353 e. The summed E-state index contributed by atoms with van der Waals surface area (Å²) in [5.74, 6) is 1.06. The summed E-state index contributed by atoms with van der Waals surface area (Å²) in [4.78, 5) is 12.6. The summed E-state index contributed by atoms with van der Waals surface area (Å²) in [6.45, 7) is 6.57. The number of nitrogens with one attached hydrogen (secondary N) is 6. The first-order valence-corrected chi connectivity index (χ1v) is 12.2. The molecule has 4 aliphatic rings. The van der Waals surface area contributed by atoms with Gasteiger partial charge in [0.1, 0.15) is 12.5 Å². The Hall–Kier alpha value is -0.800. The molecule has 8 heteroatoms. The molecule has 4 rings (SSSR count). The van der Waals surface area contributed by atoms with Gasteiger partial charge in [-0.2, -0.15) is 0 Å². The normalized spacial score (nSPS) is 43.1. The van der Waals surface area contributed by atoms with E-state index in [2.05, 4.69) is 38.8 Å². The fourth-order valence-corrected chi connectivity index (χ4v) is 5.75. The summed E-state index contributed by atoms with van der Waals surface area (Å²) in [5.41, 5.74) is 0. The van der Waals surface area contributed by atoms with Crippen molar-refractivity contribution < 1.29 is 9.18 Å². The van der Waals surface area contributed by atoms with E-state index in [1.807, 2.05) is 0 Å². The Morgan fingerprint density at radius 1 is 1.00 bits per heavy atom. The van der Waals surface area contributed by atoms with Crippen LogP contribution in [0.4, 0.5) is 4.39 Å². The summed E-state index contributed by atoms with van der Waals surface area (Å²) in [6, 6.07) is 1.09. The molecule has 8 unspecified atom stereocenters. The number of hydrogen-bond acceptors (Lipinski definition) is 6. The Balaban J connectivity index is 1.26. The minimum absolute atomic E-state index is 0.0157. The number of hydrogen-bond donors (Lipinski definition) is 6. The highest BCUT2D eigenvalue weighted by Gasteiger charge is 2.35. The van der Waals surface area contributed by atoms with Crippen molar-refractivity contribution in [1.29, 1.82) is 0 Å². The number of alkyl halides is 1. The molecular weight excluding hydrogens is 383 g/mol. The average Bonchev–Trinajstić information content (AvgIpc) is 2.77. The Bertz CT molecular complexity index is 560. The van der Waals surface area contributed by atoms with E-state index in [-0.39, 0.29) is 24.2 Å². The Kier molecular flexibility index (Phi) is 7.97. The molecule has 0 spiro atoms. The Morgan fingerprint density at radius 3 is 2.70 bits per heavy atom. The lowest BCUT2D eigenvalue weighted by molar-refractivity contribution is -0.127. The Labute approximate surface area is 180 Å². The van der Waals surface area contributed by atoms with Crippen LogP contribution in [0.25, 0.3) is 0 Å². The molecule has 3 aliphatic heterocycles. The van der Waals surface area contributed by atoms with Gasteiger partial charge in [0.25, 0.3) is 0 Å². The average molecular weight is 425 g/mol. The third-order valence-electron chi connectivity index (χ3n) is 7.68. The first-order valence-electron chi connectivity index (χ1n) is 12.2. The van der Waals surface area contributed by atoms with Crippen LogP contribution in [-0.2, 0) is 4.79 Å². The fourth-order valence-electron chi connectivity index (χ4n) is 5.75. The molecule has 8 atom stereocenters. The lowest BCUT2D eigenvalue weighted by Gasteiger charge is -2.43.